The molecule has 2 aromatic heterocycles. The second-order valence-corrected chi connectivity index (χ2v) is 10.2. The molecular formula is C26H34N4O2S. The number of fused-ring (bicyclic) bond motifs is 1. The Kier molecular flexibility index (Phi) is 7.40. The first-order valence-corrected chi connectivity index (χ1v) is 12.4. The van der Waals surface area contributed by atoms with Gasteiger partial charge in [-0.15, -0.1) is 11.3 Å². The zero-order chi connectivity index (χ0) is 23.4. The van der Waals surface area contributed by atoms with Gasteiger partial charge in [-0.05, 0) is 74.2 Å². The van der Waals surface area contributed by atoms with E-state index in [-0.39, 0.29) is 12.1 Å². The van der Waals surface area contributed by atoms with E-state index in [9.17, 15) is 4.79 Å². The molecule has 0 bridgehead atoms. The van der Waals surface area contributed by atoms with Gasteiger partial charge in [-0.1, -0.05) is 13.8 Å². The zero-order valence-electron chi connectivity index (χ0n) is 19.9. The van der Waals surface area contributed by atoms with Gasteiger partial charge in [0.25, 0.3) is 0 Å². The number of anilines is 1. The van der Waals surface area contributed by atoms with Crippen LogP contribution in [-0.2, 0) is 13.0 Å². The Morgan fingerprint density at radius 2 is 1.88 bits per heavy atom. The smallest absolute Gasteiger partial charge is 0.319 e. The summed E-state index contributed by atoms with van der Waals surface area (Å²) in [6, 6.07) is 11.3. The summed E-state index contributed by atoms with van der Waals surface area (Å²) >= 11 is 1.86. The van der Waals surface area contributed by atoms with Crippen LogP contribution in [0.5, 0.6) is 5.75 Å². The van der Waals surface area contributed by atoms with Crippen molar-refractivity contribution >= 4 is 23.1 Å². The Morgan fingerprint density at radius 1 is 1.15 bits per heavy atom. The normalized spacial score (nSPS) is 14.7. The Labute approximate surface area is 200 Å². The minimum atomic E-state index is -0.180. The van der Waals surface area contributed by atoms with E-state index in [1.54, 1.807) is 7.11 Å². The molecule has 2 amide bonds. The lowest BCUT2D eigenvalue weighted by Crippen LogP contribution is -2.34. The highest BCUT2D eigenvalue weighted by Gasteiger charge is 2.29. The lowest BCUT2D eigenvalue weighted by atomic mass is 9.92. The van der Waals surface area contributed by atoms with E-state index in [1.807, 2.05) is 35.6 Å². The van der Waals surface area contributed by atoms with Gasteiger partial charge in [-0.2, -0.15) is 0 Å². The van der Waals surface area contributed by atoms with Crippen molar-refractivity contribution in [2.75, 3.05) is 26.0 Å². The number of aromatic nitrogens is 1. The first-order chi connectivity index (χ1) is 15.9. The molecule has 1 aliphatic rings. The van der Waals surface area contributed by atoms with E-state index < -0.39 is 0 Å². The maximum Gasteiger partial charge on any atom is 0.319 e. The summed E-state index contributed by atoms with van der Waals surface area (Å²) in [5.41, 5.74) is 3.45. The van der Waals surface area contributed by atoms with E-state index in [0.29, 0.717) is 5.92 Å². The van der Waals surface area contributed by atoms with Gasteiger partial charge in [0.15, 0.2) is 0 Å². The van der Waals surface area contributed by atoms with Crippen molar-refractivity contribution < 1.29 is 9.53 Å². The molecule has 6 nitrogen and oxygen atoms in total. The molecule has 1 aromatic carbocycles. The van der Waals surface area contributed by atoms with Gasteiger partial charge in [0, 0.05) is 41.6 Å². The predicted octanol–water partition coefficient (Wildman–Crippen LogP) is 5.83. The monoisotopic (exact) mass is 466 g/mol. The van der Waals surface area contributed by atoms with Crippen molar-refractivity contribution in [2.45, 2.75) is 45.7 Å². The van der Waals surface area contributed by atoms with Crippen LogP contribution in [0.3, 0.4) is 0 Å². The summed E-state index contributed by atoms with van der Waals surface area (Å²) in [6.45, 7) is 6.47. The Balaban J connectivity index is 1.64. The number of carbonyl (C=O) groups is 1. The number of methoxy groups -OCH3 is 1. The van der Waals surface area contributed by atoms with Crippen LogP contribution in [0.1, 0.15) is 48.7 Å². The predicted molar refractivity (Wildman–Crippen MR) is 136 cm³/mol. The number of nitrogens with one attached hydrogen (secondary N) is 2. The lowest BCUT2D eigenvalue weighted by molar-refractivity contribution is 0.247. The maximum absolute atomic E-state index is 13.1. The number of ether oxygens (including phenoxy) is 1. The van der Waals surface area contributed by atoms with Crippen molar-refractivity contribution in [1.29, 1.82) is 0 Å². The molecule has 0 saturated heterocycles. The number of urea groups is 1. The van der Waals surface area contributed by atoms with E-state index in [0.717, 1.165) is 43.8 Å². The number of amides is 2. The van der Waals surface area contributed by atoms with Crippen LogP contribution < -0.4 is 15.4 Å². The van der Waals surface area contributed by atoms with Crippen molar-refractivity contribution in [3.8, 4) is 10.8 Å². The number of thiophene rings is 1. The second kappa shape index (κ2) is 10.4. The largest absolute Gasteiger partial charge is 0.497 e. The highest BCUT2D eigenvalue weighted by molar-refractivity contribution is 7.15. The molecule has 0 unspecified atom stereocenters. The molecule has 1 atom stereocenters. The van der Waals surface area contributed by atoms with Crippen LogP contribution in [0.25, 0.3) is 5.00 Å². The summed E-state index contributed by atoms with van der Waals surface area (Å²) in [5.74, 6) is 1.33. The first-order valence-electron chi connectivity index (χ1n) is 11.6. The molecule has 3 heterocycles. The molecule has 0 aliphatic carbocycles. The number of likely N-dealkylation sites (N-methyl/N-ethyl adjacent to an activating group) is 1. The highest BCUT2D eigenvalue weighted by atomic mass is 32.1. The molecule has 0 spiro atoms. The molecule has 33 heavy (non-hydrogen) atoms. The fourth-order valence-corrected chi connectivity index (χ4v) is 5.81. The third-order valence-electron chi connectivity index (χ3n) is 6.14. The SMILES string of the molecule is COc1ccc(NC(=O)N[C@H](CCC(C)C)c2c(-n3cccc3)sc3c2CCN(C)C3)cc1. The van der Waals surface area contributed by atoms with Crippen LogP contribution in [0, 0.1) is 5.92 Å². The van der Waals surface area contributed by atoms with Crippen LogP contribution in [-0.4, -0.2) is 36.2 Å². The molecule has 0 fully saturated rings. The average Bonchev–Trinajstić information content (AvgIpc) is 3.44. The Bertz CT molecular complexity index is 1060. The van der Waals surface area contributed by atoms with E-state index in [2.05, 4.69) is 65.5 Å². The van der Waals surface area contributed by atoms with Crippen LogP contribution in [0.2, 0.25) is 0 Å². The van der Waals surface area contributed by atoms with E-state index in [1.165, 1.54) is 21.0 Å². The van der Waals surface area contributed by atoms with E-state index in [4.69, 9.17) is 4.74 Å². The van der Waals surface area contributed by atoms with E-state index >= 15 is 0 Å². The van der Waals surface area contributed by atoms with Crippen LogP contribution in [0.4, 0.5) is 10.5 Å². The fraction of sp³-hybridized carbons (Fsp3) is 0.423. The second-order valence-electron chi connectivity index (χ2n) is 9.15. The minimum Gasteiger partial charge on any atom is -0.497 e. The van der Waals surface area contributed by atoms with Crippen molar-refractivity contribution in [3.63, 3.8) is 0 Å². The molecule has 2 N–H and O–H groups in total. The molecule has 4 rings (SSSR count). The van der Waals surface area contributed by atoms with Gasteiger partial charge in [-0.25, -0.2) is 4.79 Å². The molecule has 0 radical (unpaired) electrons. The van der Waals surface area contributed by atoms with Crippen molar-refractivity contribution in [1.82, 2.24) is 14.8 Å². The number of hydrogen-bond acceptors (Lipinski definition) is 4. The third-order valence-corrected chi connectivity index (χ3v) is 7.39. The number of nitrogens with zero attached hydrogens (tertiary/aromatic N) is 2. The molecule has 176 valence electrons. The molecule has 1 aliphatic heterocycles. The van der Waals surface area contributed by atoms with Gasteiger partial charge in [0.1, 0.15) is 10.8 Å². The molecule has 0 saturated carbocycles. The number of carbonyl (C=O) groups excluding carboxylic acids is 1. The van der Waals surface area contributed by atoms with Crippen LogP contribution in [0.15, 0.2) is 48.8 Å². The summed E-state index contributed by atoms with van der Waals surface area (Å²) in [6.07, 6.45) is 7.16. The molecular weight excluding hydrogens is 432 g/mol. The summed E-state index contributed by atoms with van der Waals surface area (Å²) in [4.78, 5) is 16.9. The van der Waals surface area contributed by atoms with Gasteiger partial charge < -0.3 is 24.8 Å². The van der Waals surface area contributed by atoms with Gasteiger partial charge in [0.05, 0.1) is 13.2 Å². The topological polar surface area (TPSA) is 58.5 Å². The number of hydrogen-bond donors (Lipinski definition) is 2. The fourth-order valence-electron chi connectivity index (χ4n) is 4.35. The minimum absolute atomic E-state index is 0.0496. The van der Waals surface area contributed by atoms with Crippen molar-refractivity contribution in [3.05, 3.63) is 64.8 Å². The quantitative estimate of drug-likeness (QED) is 0.439. The Hall–Kier alpha value is -2.77. The zero-order valence-corrected chi connectivity index (χ0v) is 20.7. The van der Waals surface area contributed by atoms with Crippen molar-refractivity contribution in [2.24, 2.45) is 5.92 Å². The summed E-state index contributed by atoms with van der Waals surface area (Å²) in [5, 5.41) is 7.53. The molecule has 3 aromatic rings. The lowest BCUT2D eigenvalue weighted by Gasteiger charge is -2.26. The third kappa shape index (κ3) is 5.60. The van der Waals surface area contributed by atoms with Gasteiger partial charge >= 0.3 is 6.03 Å². The van der Waals surface area contributed by atoms with Gasteiger partial charge in [-0.3, -0.25) is 0 Å². The standard InChI is InChI=1S/C26H34N4O2S/c1-18(2)7-12-22(28-26(31)27-19-8-10-20(32-4)11-9-19)24-21-13-16-29(3)17-23(21)33-25(24)30-14-5-6-15-30/h5-6,8-11,14-15,18,22H,7,12-13,16-17H2,1-4H3,(H2,27,28,31)/t22-/m1/s1. The maximum atomic E-state index is 13.1. The number of benzene rings is 1. The summed E-state index contributed by atoms with van der Waals surface area (Å²) in [7, 11) is 3.81. The first kappa shape index (κ1) is 23.4. The number of rotatable bonds is 8. The molecule has 7 heteroatoms. The average molecular weight is 467 g/mol. The Morgan fingerprint density at radius 3 is 2.55 bits per heavy atom. The van der Waals surface area contributed by atoms with Crippen LogP contribution >= 0.6 is 11.3 Å². The summed E-state index contributed by atoms with van der Waals surface area (Å²) < 4.78 is 7.42. The van der Waals surface area contributed by atoms with Gasteiger partial charge in [0.2, 0.25) is 0 Å². The highest BCUT2D eigenvalue weighted by Crippen LogP contribution is 2.40.